The number of aromatic nitrogens is 1. The summed E-state index contributed by atoms with van der Waals surface area (Å²) in [5, 5.41) is 5.40. The van der Waals surface area contributed by atoms with Crippen LogP contribution < -0.4 is 10.2 Å². The molecule has 8 nitrogen and oxygen atoms in total. The molecule has 3 amide bonds. The molecule has 0 bridgehead atoms. The number of urea groups is 1. The van der Waals surface area contributed by atoms with Gasteiger partial charge in [-0.05, 0) is 44.7 Å². The largest absolute Gasteiger partial charge is 0.452 e. The van der Waals surface area contributed by atoms with Crippen LogP contribution in [0.2, 0.25) is 0 Å². The molecule has 1 saturated carbocycles. The molecule has 34 heavy (non-hydrogen) atoms. The molecule has 1 aromatic heterocycles. The van der Waals surface area contributed by atoms with Gasteiger partial charge in [-0.25, -0.2) is 9.78 Å². The minimum atomic E-state index is -0.877. The monoisotopic (exact) mass is 484 g/mol. The van der Waals surface area contributed by atoms with E-state index in [9.17, 15) is 14.4 Å². The van der Waals surface area contributed by atoms with Crippen molar-refractivity contribution >= 4 is 40.1 Å². The standard InChI is InChI=1S/C25H32N4O4S/c1-18(22(30)29(25-26-14-17-34-25)21-10-6-3-7-11-21)33-23(31)19-12-15-28(16-13-19)24(32)27-20-8-4-2-5-9-20/h2,4-5,8-9,14,17-19,21H,3,6-7,10-13,15-16H2,1H3,(H,27,32). The summed E-state index contributed by atoms with van der Waals surface area (Å²) in [6, 6.07) is 9.22. The first kappa shape index (κ1) is 24.2. The second-order valence-corrected chi connectivity index (χ2v) is 9.82. The molecule has 2 aliphatic rings. The predicted octanol–water partition coefficient (Wildman–Crippen LogP) is 4.68. The normalized spacial score (nSPS) is 18.2. The lowest BCUT2D eigenvalue weighted by Gasteiger charge is -2.34. The molecular weight excluding hydrogens is 452 g/mol. The van der Waals surface area contributed by atoms with Crippen molar-refractivity contribution in [1.82, 2.24) is 9.88 Å². The van der Waals surface area contributed by atoms with Crippen LogP contribution in [0.5, 0.6) is 0 Å². The molecule has 1 aliphatic carbocycles. The first-order valence-electron chi connectivity index (χ1n) is 12.1. The first-order chi connectivity index (χ1) is 16.5. The molecule has 2 heterocycles. The molecule has 2 fully saturated rings. The molecule has 1 unspecified atom stereocenters. The van der Waals surface area contributed by atoms with Crippen LogP contribution >= 0.6 is 11.3 Å². The number of esters is 1. The molecule has 182 valence electrons. The van der Waals surface area contributed by atoms with Crippen molar-refractivity contribution in [3.05, 3.63) is 41.9 Å². The number of rotatable bonds is 6. The Bertz CT molecular complexity index is 955. The maximum absolute atomic E-state index is 13.3. The highest BCUT2D eigenvalue weighted by molar-refractivity contribution is 7.13. The molecule has 1 aromatic carbocycles. The fraction of sp³-hybridized carbons (Fsp3) is 0.520. The first-order valence-corrected chi connectivity index (χ1v) is 12.9. The van der Waals surface area contributed by atoms with Gasteiger partial charge in [0.1, 0.15) is 0 Å². The van der Waals surface area contributed by atoms with Gasteiger partial charge in [0.05, 0.1) is 5.92 Å². The Kier molecular flexibility index (Phi) is 8.16. The Morgan fingerprint density at radius 3 is 2.44 bits per heavy atom. The van der Waals surface area contributed by atoms with Gasteiger partial charge >= 0.3 is 12.0 Å². The fourth-order valence-corrected chi connectivity index (χ4v) is 5.38. The Hall–Kier alpha value is -2.94. The zero-order valence-electron chi connectivity index (χ0n) is 19.5. The van der Waals surface area contributed by atoms with E-state index < -0.39 is 6.10 Å². The molecule has 2 aromatic rings. The van der Waals surface area contributed by atoms with Crippen molar-refractivity contribution in [2.75, 3.05) is 23.3 Å². The number of hydrogen-bond donors (Lipinski definition) is 1. The molecule has 1 saturated heterocycles. The molecule has 4 rings (SSSR count). The summed E-state index contributed by atoms with van der Waals surface area (Å²) in [6.07, 6.45) is 7.09. The number of piperidine rings is 1. The van der Waals surface area contributed by atoms with Crippen molar-refractivity contribution in [2.24, 2.45) is 5.92 Å². The van der Waals surface area contributed by atoms with Crippen LogP contribution in [0.25, 0.3) is 0 Å². The number of carbonyl (C=O) groups is 3. The SMILES string of the molecule is CC(OC(=O)C1CCN(C(=O)Nc2ccccc2)CC1)C(=O)N(c1nccs1)C1CCCCC1. The third kappa shape index (κ3) is 5.94. The molecule has 1 aliphatic heterocycles. The van der Waals surface area contributed by atoms with Crippen LogP contribution in [-0.4, -0.2) is 53.0 Å². The predicted molar refractivity (Wildman–Crippen MR) is 132 cm³/mol. The number of hydrogen-bond acceptors (Lipinski definition) is 6. The van der Waals surface area contributed by atoms with E-state index in [0.717, 1.165) is 31.4 Å². The van der Waals surface area contributed by atoms with Gasteiger partial charge in [0, 0.05) is 36.4 Å². The van der Waals surface area contributed by atoms with E-state index in [1.165, 1.54) is 17.8 Å². The van der Waals surface area contributed by atoms with Gasteiger partial charge < -0.3 is 15.0 Å². The quantitative estimate of drug-likeness (QED) is 0.601. The highest BCUT2D eigenvalue weighted by Gasteiger charge is 2.35. The number of amides is 3. The molecule has 0 radical (unpaired) electrons. The summed E-state index contributed by atoms with van der Waals surface area (Å²) in [7, 11) is 0. The van der Waals surface area contributed by atoms with Crippen LogP contribution in [-0.2, 0) is 14.3 Å². The highest BCUT2D eigenvalue weighted by atomic mass is 32.1. The van der Waals surface area contributed by atoms with E-state index in [1.54, 1.807) is 22.9 Å². The summed E-state index contributed by atoms with van der Waals surface area (Å²) in [6.45, 7) is 2.58. The Morgan fingerprint density at radius 1 is 1.09 bits per heavy atom. The Labute approximate surface area is 204 Å². The van der Waals surface area contributed by atoms with E-state index in [1.807, 2.05) is 35.7 Å². The zero-order chi connectivity index (χ0) is 23.9. The van der Waals surface area contributed by atoms with Gasteiger partial charge in [0.15, 0.2) is 11.2 Å². The summed E-state index contributed by atoms with van der Waals surface area (Å²) in [4.78, 5) is 46.5. The van der Waals surface area contributed by atoms with Crippen molar-refractivity contribution in [3.63, 3.8) is 0 Å². The average molecular weight is 485 g/mol. The summed E-state index contributed by atoms with van der Waals surface area (Å²) < 4.78 is 5.64. The van der Waals surface area contributed by atoms with Gasteiger partial charge in [0.2, 0.25) is 0 Å². The van der Waals surface area contributed by atoms with Crippen LogP contribution in [0.3, 0.4) is 0 Å². The van der Waals surface area contributed by atoms with Crippen molar-refractivity contribution < 1.29 is 19.1 Å². The number of benzene rings is 1. The number of nitrogens with zero attached hydrogens (tertiary/aromatic N) is 3. The molecule has 9 heteroatoms. The van der Waals surface area contributed by atoms with Crippen molar-refractivity contribution in [1.29, 1.82) is 0 Å². The minimum Gasteiger partial charge on any atom is -0.452 e. The van der Waals surface area contributed by atoms with Crippen LogP contribution in [0.1, 0.15) is 51.9 Å². The van der Waals surface area contributed by atoms with E-state index in [-0.39, 0.29) is 29.9 Å². The second-order valence-electron chi connectivity index (χ2n) is 8.95. The minimum absolute atomic E-state index is 0.0971. The maximum Gasteiger partial charge on any atom is 0.321 e. The lowest BCUT2D eigenvalue weighted by atomic mass is 9.94. The van der Waals surface area contributed by atoms with Crippen molar-refractivity contribution in [3.8, 4) is 0 Å². The number of nitrogens with one attached hydrogen (secondary N) is 1. The molecular formula is C25H32N4O4S. The average Bonchev–Trinajstić information content (AvgIpc) is 3.40. The third-order valence-corrected chi connectivity index (χ3v) is 7.35. The topological polar surface area (TPSA) is 91.8 Å². The van der Waals surface area contributed by atoms with Gasteiger partial charge in [-0.1, -0.05) is 37.5 Å². The molecule has 1 atom stereocenters. The summed E-state index contributed by atoms with van der Waals surface area (Å²) in [5.74, 6) is -0.902. The lowest BCUT2D eigenvalue weighted by Crippen LogP contribution is -2.48. The van der Waals surface area contributed by atoms with E-state index in [0.29, 0.717) is 31.1 Å². The fourth-order valence-electron chi connectivity index (χ4n) is 4.66. The van der Waals surface area contributed by atoms with E-state index in [4.69, 9.17) is 4.74 Å². The lowest BCUT2D eigenvalue weighted by molar-refractivity contribution is -0.159. The van der Waals surface area contributed by atoms with Gasteiger partial charge in [-0.15, -0.1) is 11.3 Å². The van der Waals surface area contributed by atoms with Gasteiger partial charge in [0.25, 0.3) is 5.91 Å². The smallest absolute Gasteiger partial charge is 0.321 e. The second kappa shape index (κ2) is 11.5. The highest BCUT2D eigenvalue weighted by Crippen LogP contribution is 2.30. The number of thiazole rings is 1. The van der Waals surface area contributed by atoms with E-state index in [2.05, 4.69) is 10.3 Å². The Balaban J connectivity index is 1.30. The van der Waals surface area contributed by atoms with Gasteiger partial charge in [-0.2, -0.15) is 0 Å². The number of likely N-dealkylation sites (tertiary alicyclic amines) is 1. The van der Waals surface area contributed by atoms with Crippen LogP contribution in [0, 0.1) is 5.92 Å². The van der Waals surface area contributed by atoms with Crippen LogP contribution in [0.4, 0.5) is 15.6 Å². The summed E-state index contributed by atoms with van der Waals surface area (Å²) >= 11 is 1.43. The zero-order valence-corrected chi connectivity index (χ0v) is 20.3. The summed E-state index contributed by atoms with van der Waals surface area (Å²) in [5.41, 5.74) is 0.740. The number of anilines is 2. The molecule has 0 spiro atoms. The molecule has 1 N–H and O–H groups in total. The number of para-hydroxylation sites is 1. The maximum atomic E-state index is 13.3. The van der Waals surface area contributed by atoms with E-state index >= 15 is 0 Å². The number of carbonyl (C=O) groups excluding carboxylic acids is 3. The Morgan fingerprint density at radius 2 is 1.79 bits per heavy atom. The number of ether oxygens (including phenoxy) is 1. The third-order valence-electron chi connectivity index (χ3n) is 6.58. The van der Waals surface area contributed by atoms with Crippen LogP contribution in [0.15, 0.2) is 41.9 Å². The van der Waals surface area contributed by atoms with Gasteiger partial charge in [-0.3, -0.25) is 14.5 Å². The van der Waals surface area contributed by atoms with Crippen molar-refractivity contribution in [2.45, 2.75) is 64.0 Å².